The van der Waals surface area contributed by atoms with E-state index >= 15 is 0 Å². The zero-order chi connectivity index (χ0) is 28.2. The Labute approximate surface area is 238 Å². The molecule has 3 atom stereocenters. The predicted molar refractivity (Wildman–Crippen MR) is 157 cm³/mol. The van der Waals surface area contributed by atoms with E-state index in [9.17, 15) is 4.79 Å². The van der Waals surface area contributed by atoms with Gasteiger partial charge in [0.05, 0.1) is 27.0 Å². The largest absolute Gasteiger partial charge is 0.493 e. The van der Waals surface area contributed by atoms with Crippen LogP contribution in [0.15, 0.2) is 47.6 Å². The van der Waals surface area contributed by atoms with Gasteiger partial charge in [-0.05, 0) is 69.4 Å². The molecule has 0 N–H and O–H groups in total. The van der Waals surface area contributed by atoms with Gasteiger partial charge in [0.15, 0.2) is 11.5 Å². The van der Waals surface area contributed by atoms with Crippen molar-refractivity contribution in [1.82, 2.24) is 14.7 Å². The molecule has 0 aromatic heterocycles. The predicted octanol–water partition coefficient (Wildman–Crippen LogP) is 4.16. The van der Waals surface area contributed by atoms with E-state index in [1.54, 1.807) is 37.5 Å². The Hall–Kier alpha value is -3.30. The third-order valence-corrected chi connectivity index (χ3v) is 7.59. The molecule has 9 nitrogen and oxygen atoms in total. The third-order valence-electron chi connectivity index (χ3n) is 7.59. The summed E-state index contributed by atoms with van der Waals surface area (Å²) >= 11 is 0. The summed E-state index contributed by atoms with van der Waals surface area (Å²) < 4.78 is 17.3. The van der Waals surface area contributed by atoms with Crippen LogP contribution in [0.3, 0.4) is 0 Å². The Morgan fingerprint density at radius 1 is 0.875 bits per heavy atom. The lowest BCUT2D eigenvalue weighted by Gasteiger charge is -2.24. The van der Waals surface area contributed by atoms with E-state index in [2.05, 4.69) is 15.0 Å². The van der Waals surface area contributed by atoms with Crippen molar-refractivity contribution in [2.75, 3.05) is 73.7 Å². The molecule has 0 radical (unpaired) electrons. The topological polar surface area (TPSA) is 76.1 Å². The molecule has 40 heavy (non-hydrogen) atoms. The molecule has 1 saturated heterocycles. The van der Waals surface area contributed by atoms with Crippen LogP contribution in [0.2, 0.25) is 0 Å². The molecule has 4 bridgehead atoms. The highest BCUT2D eigenvalue weighted by atomic mass is 16.6. The molecule has 2 aromatic rings. The van der Waals surface area contributed by atoms with Gasteiger partial charge in [-0.2, -0.15) is 0 Å². The third kappa shape index (κ3) is 8.60. The zero-order valence-electron chi connectivity index (χ0n) is 24.2. The molecule has 1 fully saturated rings. The minimum atomic E-state index is -0.0597. The van der Waals surface area contributed by atoms with Crippen molar-refractivity contribution in [1.29, 1.82) is 0 Å². The first-order chi connectivity index (χ1) is 19.6. The number of methoxy groups -OCH3 is 2. The van der Waals surface area contributed by atoms with Crippen molar-refractivity contribution in [2.45, 2.75) is 38.2 Å². The molecule has 3 unspecified atom stereocenters. The molecule has 2 aliphatic heterocycles. The minimum Gasteiger partial charge on any atom is -0.493 e. The van der Waals surface area contributed by atoms with Gasteiger partial charge < -0.3 is 33.7 Å². The van der Waals surface area contributed by atoms with Crippen LogP contribution < -0.4 is 14.2 Å². The number of nitrogens with zero attached hydrogens (tertiary/aromatic N) is 4. The standard InChI is InChI=1S/C31H44N4O5/c1-33-14-8-15-34-16-9-17-35(20-19-34)18-13-27(40-32-24-25-10-5-4-6-11-25)12-7-21-39-29-23-26(31(33)36)22-28(37-2)30(29)38-3/h4-6,10-11,22-24,27H,7-9,12-21H2,1-3H3/b32-24+. The average molecular weight is 553 g/mol. The summed E-state index contributed by atoms with van der Waals surface area (Å²) in [6.07, 6.45) is 6.28. The maximum Gasteiger partial charge on any atom is 0.253 e. The van der Waals surface area contributed by atoms with Gasteiger partial charge in [0, 0.05) is 38.8 Å². The van der Waals surface area contributed by atoms with E-state index in [0.717, 1.165) is 76.9 Å². The number of hydrogen-bond acceptors (Lipinski definition) is 8. The van der Waals surface area contributed by atoms with E-state index in [-0.39, 0.29) is 12.0 Å². The average Bonchev–Trinajstić information content (AvgIpc) is 3.21. The van der Waals surface area contributed by atoms with E-state index in [1.165, 1.54) is 0 Å². The summed E-state index contributed by atoms with van der Waals surface area (Å²) in [6, 6.07) is 13.5. The van der Waals surface area contributed by atoms with Crippen LogP contribution in [0.25, 0.3) is 0 Å². The summed E-state index contributed by atoms with van der Waals surface area (Å²) in [5.41, 5.74) is 1.53. The first-order valence-corrected chi connectivity index (χ1v) is 14.4. The quantitative estimate of drug-likeness (QED) is 0.407. The second-order valence-electron chi connectivity index (χ2n) is 10.5. The lowest BCUT2D eigenvalue weighted by atomic mass is 10.1. The second kappa shape index (κ2) is 15.5. The molecule has 2 aliphatic rings. The van der Waals surface area contributed by atoms with Crippen LogP contribution in [0.1, 0.15) is 48.0 Å². The molecule has 218 valence electrons. The Morgan fingerprint density at radius 2 is 1.60 bits per heavy atom. The maximum atomic E-state index is 13.3. The fourth-order valence-corrected chi connectivity index (χ4v) is 5.27. The van der Waals surface area contributed by atoms with E-state index in [0.29, 0.717) is 36.0 Å². The van der Waals surface area contributed by atoms with Crippen LogP contribution in [-0.2, 0) is 4.84 Å². The number of hydrogen-bond donors (Lipinski definition) is 0. The van der Waals surface area contributed by atoms with Gasteiger partial charge in [-0.25, -0.2) is 0 Å². The van der Waals surface area contributed by atoms with Crippen molar-refractivity contribution >= 4 is 12.1 Å². The smallest absolute Gasteiger partial charge is 0.253 e. The molecule has 4 rings (SSSR count). The fourth-order valence-electron chi connectivity index (χ4n) is 5.27. The number of benzene rings is 2. The molecule has 1 amide bonds. The highest BCUT2D eigenvalue weighted by Crippen LogP contribution is 2.39. The van der Waals surface area contributed by atoms with Crippen molar-refractivity contribution in [3.05, 3.63) is 53.6 Å². The summed E-state index contributed by atoms with van der Waals surface area (Å²) in [6.45, 7) is 7.36. The van der Waals surface area contributed by atoms with Gasteiger partial charge >= 0.3 is 0 Å². The Balaban J connectivity index is 1.50. The van der Waals surface area contributed by atoms with Crippen LogP contribution in [-0.4, -0.2) is 107 Å². The van der Waals surface area contributed by atoms with Gasteiger partial charge in [-0.15, -0.1) is 0 Å². The number of ether oxygens (including phenoxy) is 3. The minimum absolute atomic E-state index is 0.0250. The molecular weight excluding hydrogens is 508 g/mol. The van der Waals surface area contributed by atoms with E-state index in [1.807, 2.05) is 37.4 Å². The SMILES string of the molecule is COc1cc2cc(c1OC)OCCCC(O/N=C/c1ccccc1)CCN1CCCN(CCCN(C)C2=O)CC1. The van der Waals surface area contributed by atoms with Crippen molar-refractivity contribution < 1.29 is 23.8 Å². The number of fused-ring (bicyclic) bond motifs is 5. The molecule has 0 spiro atoms. The van der Waals surface area contributed by atoms with Crippen LogP contribution in [0, 0.1) is 0 Å². The highest BCUT2D eigenvalue weighted by molar-refractivity contribution is 5.95. The van der Waals surface area contributed by atoms with Crippen molar-refractivity contribution in [2.24, 2.45) is 5.16 Å². The van der Waals surface area contributed by atoms with Gasteiger partial charge in [0.2, 0.25) is 5.75 Å². The van der Waals surface area contributed by atoms with Crippen molar-refractivity contribution in [3.8, 4) is 17.2 Å². The number of rotatable bonds is 5. The van der Waals surface area contributed by atoms with E-state index < -0.39 is 0 Å². The summed E-state index contributed by atoms with van der Waals surface area (Å²) in [5.74, 6) is 1.41. The van der Waals surface area contributed by atoms with Crippen LogP contribution in [0.5, 0.6) is 17.2 Å². The Morgan fingerprint density at radius 3 is 2.33 bits per heavy atom. The number of carbonyl (C=O) groups excluding carboxylic acids is 1. The van der Waals surface area contributed by atoms with Crippen molar-refractivity contribution in [3.63, 3.8) is 0 Å². The van der Waals surface area contributed by atoms with E-state index in [4.69, 9.17) is 19.0 Å². The van der Waals surface area contributed by atoms with Crippen LogP contribution in [0.4, 0.5) is 0 Å². The Bertz CT molecular complexity index is 1100. The summed E-state index contributed by atoms with van der Waals surface area (Å²) in [4.78, 5) is 26.2. The monoisotopic (exact) mass is 552 g/mol. The Kier molecular flexibility index (Phi) is 11.5. The summed E-state index contributed by atoms with van der Waals surface area (Å²) in [7, 11) is 5.00. The first-order valence-electron chi connectivity index (χ1n) is 14.4. The van der Waals surface area contributed by atoms with Gasteiger partial charge in [-0.3, -0.25) is 4.79 Å². The first kappa shape index (κ1) is 29.7. The summed E-state index contributed by atoms with van der Waals surface area (Å²) in [5, 5.41) is 4.32. The highest BCUT2D eigenvalue weighted by Gasteiger charge is 2.22. The number of carbonyl (C=O) groups is 1. The number of oxime groups is 1. The normalized spacial score (nSPS) is 23.4. The lowest BCUT2D eigenvalue weighted by Crippen LogP contribution is -2.34. The molecule has 0 saturated carbocycles. The molecule has 2 heterocycles. The second-order valence-corrected chi connectivity index (χ2v) is 10.5. The maximum absolute atomic E-state index is 13.3. The van der Waals surface area contributed by atoms with Gasteiger partial charge in [-0.1, -0.05) is 35.5 Å². The molecule has 2 aromatic carbocycles. The molecule has 0 aliphatic carbocycles. The number of amides is 1. The van der Waals surface area contributed by atoms with Gasteiger partial charge in [0.1, 0.15) is 6.10 Å². The van der Waals surface area contributed by atoms with Gasteiger partial charge in [0.25, 0.3) is 5.91 Å². The van der Waals surface area contributed by atoms with Crippen LogP contribution >= 0.6 is 0 Å². The molecule has 9 heteroatoms. The lowest BCUT2D eigenvalue weighted by molar-refractivity contribution is 0.0363. The fraction of sp³-hybridized carbons (Fsp3) is 0.548. The molecular formula is C31H44N4O5. The zero-order valence-corrected chi connectivity index (χ0v) is 24.2.